The smallest absolute Gasteiger partial charge is 0.230 e. The number of hydrogen-bond donors (Lipinski definition) is 2. The van der Waals surface area contributed by atoms with Crippen LogP contribution in [0.2, 0.25) is 5.02 Å². The van der Waals surface area contributed by atoms with E-state index >= 15 is 0 Å². The average Bonchev–Trinajstić information content (AvgIpc) is 2.48. The minimum atomic E-state index is 0.397. The van der Waals surface area contributed by atoms with Crippen molar-refractivity contribution in [3.05, 3.63) is 59.8 Å². The topological polar surface area (TPSA) is 74.2 Å². The first-order valence-electron chi connectivity index (χ1n) is 6.26. The Morgan fingerprint density at radius 1 is 1.29 bits per heavy atom. The van der Waals surface area contributed by atoms with Crippen LogP contribution in [0.3, 0.4) is 0 Å². The fourth-order valence-corrected chi connectivity index (χ4v) is 2.03. The lowest BCUT2D eigenvalue weighted by atomic mass is 10.2. The molecular formula is C14H12ClN5O. The number of rotatable bonds is 3. The van der Waals surface area contributed by atoms with Crippen LogP contribution in [0.4, 0.5) is 11.6 Å². The minimum absolute atomic E-state index is 0.397. The van der Waals surface area contributed by atoms with Crippen LogP contribution >= 0.6 is 11.6 Å². The van der Waals surface area contributed by atoms with Crippen LogP contribution in [-0.2, 0) is 0 Å². The summed E-state index contributed by atoms with van der Waals surface area (Å²) in [6.45, 7) is 0.397. The second-order valence-electron chi connectivity index (χ2n) is 4.37. The Bertz CT molecular complexity index is 716. The molecule has 0 amide bonds. The van der Waals surface area contributed by atoms with Gasteiger partial charge in [-0.25, -0.2) is 9.97 Å². The highest BCUT2D eigenvalue weighted by Crippen LogP contribution is 2.19. The van der Waals surface area contributed by atoms with Crippen molar-refractivity contribution in [3.8, 4) is 0 Å². The quantitative estimate of drug-likeness (QED) is 0.908. The summed E-state index contributed by atoms with van der Waals surface area (Å²) in [5.74, 6) is 0.974. The minimum Gasteiger partial charge on any atom is -0.324 e. The molecule has 0 saturated carbocycles. The normalized spacial score (nSPS) is 14.0. The summed E-state index contributed by atoms with van der Waals surface area (Å²) in [5, 5.41) is 14.1. The number of anilines is 2. The molecule has 0 aliphatic carbocycles. The van der Waals surface area contributed by atoms with Gasteiger partial charge in [-0.15, -0.1) is 0 Å². The molecule has 0 saturated heterocycles. The Balaban J connectivity index is 1.82. The Hall–Kier alpha value is -2.44. The van der Waals surface area contributed by atoms with E-state index in [9.17, 15) is 5.21 Å². The maximum absolute atomic E-state index is 9.27. The monoisotopic (exact) mass is 301 g/mol. The third-order valence-corrected chi connectivity index (χ3v) is 3.07. The van der Waals surface area contributed by atoms with E-state index in [1.165, 1.54) is 6.33 Å². The van der Waals surface area contributed by atoms with Gasteiger partial charge in [-0.05, 0) is 24.3 Å². The Labute approximate surface area is 126 Å². The molecule has 1 aliphatic heterocycles. The Morgan fingerprint density at radius 2 is 2.19 bits per heavy atom. The summed E-state index contributed by atoms with van der Waals surface area (Å²) in [5.41, 5.74) is 1.63. The van der Waals surface area contributed by atoms with Crippen molar-refractivity contribution in [3.63, 3.8) is 0 Å². The number of allylic oxidation sites excluding steroid dienone is 2. The maximum atomic E-state index is 9.27. The molecule has 2 aromatic rings. The van der Waals surface area contributed by atoms with Crippen LogP contribution in [0.15, 0.2) is 48.9 Å². The molecule has 2 N–H and O–H groups in total. The molecule has 1 aliphatic rings. The van der Waals surface area contributed by atoms with Gasteiger partial charge in [0.25, 0.3) is 0 Å². The highest BCUT2D eigenvalue weighted by Gasteiger charge is 2.08. The third kappa shape index (κ3) is 3.36. The van der Waals surface area contributed by atoms with E-state index in [4.69, 9.17) is 11.6 Å². The number of hydroxylamine groups is 2. The molecule has 7 heteroatoms. The number of hydrogen-bond acceptors (Lipinski definition) is 6. The SMILES string of the molecule is ON1C=CC(c2ncnc(Nc3cccc(Cl)c3)n2)=CC1. The molecule has 0 bridgehead atoms. The largest absolute Gasteiger partial charge is 0.324 e. The van der Waals surface area contributed by atoms with Crippen LogP contribution in [-0.4, -0.2) is 31.8 Å². The second-order valence-corrected chi connectivity index (χ2v) is 4.80. The number of benzene rings is 1. The third-order valence-electron chi connectivity index (χ3n) is 2.84. The van der Waals surface area contributed by atoms with E-state index in [1.54, 1.807) is 24.4 Å². The molecule has 106 valence electrons. The number of nitrogens with zero attached hydrogens (tertiary/aromatic N) is 4. The zero-order valence-electron chi connectivity index (χ0n) is 10.9. The fourth-order valence-electron chi connectivity index (χ4n) is 1.84. The summed E-state index contributed by atoms with van der Waals surface area (Å²) in [4.78, 5) is 12.6. The molecule has 0 unspecified atom stereocenters. The molecule has 1 aromatic heterocycles. The summed E-state index contributed by atoms with van der Waals surface area (Å²) in [7, 11) is 0. The zero-order chi connectivity index (χ0) is 14.7. The number of aromatic nitrogens is 3. The molecular weight excluding hydrogens is 290 g/mol. The predicted octanol–water partition coefficient (Wildman–Crippen LogP) is 2.87. The lowest BCUT2D eigenvalue weighted by Gasteiger charge is -2.14. The maximum Gasteiger partial charge on any atom is 0.230 e. The van der Waals surface area contributed by atoms with E-state index in [-0.39, 0.29) is 0 Å². The highest BCUT2D eigenvalue weighted by molar-refractivity contribution is 6.30. The van der Waals surface area contributed by atoms with Gasteiger partial charge in [0.15, 0.2) is 5.82 Å². The molecule has 1 aromatic carbocycles. The van der Waals surface area contributed by atoms with Gasteiger partial charge in [-0.2, -0.15) is 4.98 Å². The van der Waals surface area contributed by atoms with E-state index in [1.807, 2.05) is 18.2 Å². The van der Waals surface area contributed by atoms with Crippen molar-refractivity contribution in [1.29, 1.82) is 0 Å². The molecule has 21 heavy (non-hydrogen) atoms. The van der Waals surface area contributed by atoms with Gasteiger partial charge in [0.05, 0.1) is 6.54 Å². The first kappa shape index (κ1) is 13.5. The van der Waals surface area contributed by atoms with Crippen LogP contribution < -0.4 is 5.32 Å². The van der Waals surface area contributed by atoms with E-state index in [2.05, 4.69) is 20.3 Å². The summed E-state index contributed by atoms with van der Waals surface area (Å²) >= 11 is 5.94. The molecule has 3 rings (SSSR count). The first-order valence-corrected chi connectivity index (χ1v) is 6.64. The van der Waals surface area contributed by atoms with Crippen molar-refractivity contribution in [2.24, 2.45) is 0 Å². The molecule has 0 radical (unpaired) electrons. The number of halogens is 1. The van der Waals surface area contributed by atoms with Gasteiger partial charge in [-0.3, -0.25) is 10.3 Å². The van der Waals surface area contributed by atoms with E-state index < -0.39 is 0 Å². The zero-order valence-corrected chi connectivity index (χ0v) is 11.7. The average molecular weight is 302 g/mol. The van der Waals surface area contributed by atoms with Crippen LogP contribution in [0.1, 0.15) is 5.82 Å². The Morgan fingerprint density at radius 3 is 2.95 bits per heavy atom. The molecule has 0 fully saturated rings. The predicted molar refractivity (Wildman–Crippen MR) is 80.2 cm³/mol. The van der Waals surface area contributed by atoms with Gasteiger partial charge in [0.1, 0.15) is 6.33 Å². The second kappa shape index (κ2) is 5.90. The van der Waals surface area contributed by atoms with E-state index in [0.717, 1.165) is 16.3 Å². The van der Waals surface area contributed by atoms with Crippen molar-refractivity contribution >= 4 is 28.8 Å². The lowest BCUT2D eigenvalue weighted by molar-refractivity contribution is -0.0299. The molecule has 2 heterocycles. The van der Waals surface area contributed by atoms with Gasteiger partial charge < -0.3 is 5.32 Å². The standard InChI is InChI=1S/C14H12ClN5O/c15-11-2-1-3-12(8-11)18-14-17-9-16-13(19-14)10-4-6-20(21)7-5-10/h1-6,8-9,21H,7H2,(H,16,17,18,19). The van der Waals surface area contributed by atoms with Crippen LogP contribution in [0.25, 0.3) is 5.57 Å². The highest BCUT2D eigenvalue weighted by atomic mass is 35.5. The van der Waals surface area contributed by atoms with Crippen LogP contribution in [0, 0.1) is 0 Å². The first-order chi connectivity index (χ1) is 10.2. The van der Waals surface area contributed by atoms with Gasteiger partial charge in [0.2, 0.25) is 5.95 Å². The van der Waals surface area contributed by atoms with Crippen molar-refractivity contribution in [2.45, 2.75) is 0 Å². The van der Waals surface area contributed by atoms with Crippen LogP contribution in [0.5, 0.6) is 0 Å². The van der Waals surface area contributed by atoms with Gasteiger partial charge >= 0.3 is 0 Å². The lowest BCUT2D eigenvalue weighted by Crippen LogP contribution is -2.15. The summed E-state index contributed by atoms with van der Waals surface area (Å²) < 4.78 is 0. The van der Waals surface area contributed by atoms with Crippen molar-refractivity contribution in [1.82, 2.24) is 20.0 Å². The summed E-state index contributed by atoms with van der Waals surface area (Å²) in [6, 6.07) is 7.30. The van der Waals surface area contributed by atoms with E-state index in [0.29, 0.717) is 23.3 Å². The summed E-state index contributed by atoms with van der Waals surface area (Å²) in [6.07, 6.45) is 6.57. The van der Waals surface area contributed by atoms with Gasteiger partial charge in [0, 0.05) is 22.5 Å². The van der Waals surface area contributed by atoms with Crippen molar-refractivity contribution in [2.75, 3.05) is 11.9 Å². The molecule has 0 atom stereocenters. The Kier molecular flexibility index (Phi) is 3.81. The molecule has 0 spiro atoms. The van der Waals surface area contributed by atoms with Gasteiger partial charge in [-0.1, -0.05) is 23.7 Å². The van der Waals surface area contributed by atoms with Crippen molar-refractivity contribution < 1.29 is 5.21 Å². The fraction of sp³-hybridized carbons (Fsp3) is 0.0714. The number of nitrogens with one attached hydrogen (secondary N) is 1. The molecule has 6 nitrogen and oxygen atoms in total.